The van der Waals surface area contributed by atoms with Gasteiger partial charge in [0.2, 0.25) is 0 Å². The van der Waals surface area contributed by atoms with Crippen LogP contribution in [0.3, 0.4) is 0 Å². The van der Waals surface area contributed by atoms with Crippen LogP contribution in [0.1, 0.15) is 33.6 Å². The molecular weight excluding hydrogens is 252 g/mol. The Hall–Kier alpha value is -0.240. The van der Waals surface area contributed by atoms with Gasteiger partial charge in [-0.25, -0.2) is 0 Å². The molecule has 0 rings (SSSR count). The van der Waals surface area contributed by atoms with Crippen LogP contribution >= 0.6 is 0 Å². The summed E-state index contributed by atoms with van der Waals surface area (Å²) in [5.74, 6) is -1.04. The number of rotatable bonds is 9. The first kappa shape index (κ1) is 18.8. The van der Waals surface area contributed by atoms with E-state index >= 15 is 0 Å². The zero-order valence-corrected chi connectivity index (χ0v) is 11.9. The van der Waals surface area contributed by atoms with Gasteiger partial charge in [0, 0.05) is 17.9 Å². The fourth-order valence-corrected chi connectivity index (χ4v) is 2.06. The van der Waals surface area contributed by atoms with Crippen LogP contribution in [0.5, 0.6) is 0 Å². The highest BCUT2D eigenvalue weighted by atomic mass is 16.3. The van der Waals surface area contributed by atoms with Crippen LogP contribution in [-0.4, -0.2) is 68.3 Å². The second kappa shape index (κ2) is 8.14. The summed E-state index contributed by atoms with van der Waals surface area (Å²) in [6.07, 6.45) is -4.53. The Morgan fingerprint density at radius 3 is 1.84 bits per heavy atom. The van der Waals surface area contributed by atoms with E-state index in [1.54, 1.807) is 20.8 Å². The second-order valence-electron chi connectivity index (χ2n) is 5.71. The molecule has 0 aromatic carbocycles. The molecule has 0 aliphatic rings. The highest BCUT2D eigenvalue weighted by Gasteiger charge is 2.43. The van der Waals surface area contributed by atoms with Crippen LogP contribution in [0.2, 0.25) is 0 Å². The minimum atomic E-state index is -1.33. The minimum absolute atomic E-state index is 0.0171. The second-order valence-corrected chi connectivity index (χ2v) is 5.71. The van der Waals surface area contributed by atoms with Crippen molar-refractivity contribution >= 4 is 0 Å². The fraction of sp³-hybridized carbons (Fsp3) is 1.00. The van der Waals surface area contributed by atoms with E-state index in [-0.39, 0.29) is 26.1 Å². The largest absolute Gasteiger partial charge is 0.396 e. The molecule has 0 spiro atoms. The molecule has 0 saturated heterocycles. The van der Waals surface area contributed by atoms with E-state index in [0.717, 1.165) is 0 Å². The van der Waals surface area contributed by atoms with Crippen molar-refractivity contribution in [3.8, 4) is 0 Å². The lowest BCUT2D eigenvalue weighted by atomic mass is 9.74. The molecule has 6 N–H and O–H groups in total. The maximum absolute atomic E-state index is 10.3. The third-order valence-electron chi connectivity index (χ3n) is 3.65. The van der Waals surface area contributed by atoms with Crippen LogP contribution < -0.4 is 0 Å². The van der Waals surface area contributed by atoms with E-state index in [4.69, 9.17) is 5.11 Å². The first-order valence-corrected chi connectivity index (χ1v) is 6.66. The van der Waals surface area contributed by atoms with Gasteiger partial charge in [0.15, 0.2) is 0 Å². The molecule has 5 unspecified atom stereocenters. The maximum Gasteiger partial charge on any atom is 0.0876 e. The third-order valence-corrected chi connectivity index (χ3v) is 3.65. The van der Waals surface area contributed by atoms with Gasteiger partial charge in [-0.2, -0.15) is 0 Å². The molecule has 5 atom stereocenters. The number of aliphatic hydroxyl groups excluding tert-OH is 6. The number of hydrogen-bond acceptors (Lipinski definition) is 6. The van der Waals surface area contributed by atoms with Crippen molar-refractivity contribution < 1.29 is 30.6 Å². The van der Waals surface area contributed by atoms with Crippen LogP contribution in [-0.2, 0) is 0 Å². The van der Waals surface area contributed by atoms with E-state index in [9.17, 15) is 25.5 Å². The van der Waals surface area contributed by atoms with Gasteiger partial charge in [-0.05, 0) is 12.8 Å². The number of aliphatic hydroxyl groups is 6. The molecular formula is C13H28O6. The Labute approximate surface area is 114 Å². The maximum atomic E-state index is 10.3. The van der Waals surface area contributed by atoms with Crippen LogP contribution in [0.4, 0.5) is 0 Å². The summed E-state index contributed by atoms with van der Waals surface area (Å²) in [5.41, 5.74) is -0.935. The lowest BCUT2D eigenvalue weighted by molar-refractivity contribution is -0.140. The molecule has 0 radical (unpaired) electrons. The normalized spacial score (nSPS) is 20.7. The van der Waals surface area contributed by atoms with Gasteiger partial charge in [-0.3, -0.25) is 0 Å². The molecule has 116 valence electrons. The lowest BCUT2D eigenvalue weighted by Crippen LogP contribution is -2.52. The molecule has 0 aliphatic heterocycles. The molecule has 0 fully saturated rings. The number of hydrogen-bond donors (Lipinski definition) is 6. The Morgan fingerprint density at radius 1 is 0.947 bits per heavy atom. The summed E-state index contributed by atoms with van der Waals surface area (Å²) in [6.45, 7) is 4.25. The fourth-order valence-electron chi connectivity index (χ4n) is 2.06. The summed E-state index contributed by atoms with van der Waals surface area (Å²) in [7, 11) is 0. The highest BCUT2D eigenvalue weighted by molar-refractivity contribution is 4.92. The molecule has 0 aromatic heterocycles. The van der Waals surface area contributed by atoms with Gasteiger partial charge in [-0.1, -0.05) is 20.8 Å². The van der Waals surface area contributed by atoms with Crippen molar-refractivity contribution in [3.63, 3.8) is 0 Å². The van der Waals surface area contributed by atoms with Crippen molar-refractivity contribution in [2.24, 2.45) is 11.3 Å². The Morgan fingerprint density at radius 2 is 1.47 bits per heavy atom. The van der Waals surface area contributed by atoms with E-state index in [1.807, 2.05) is 0 Å². The Balaban J connectivity index is 5.16. The van der Waals surface area contributed by atoms with Gasteiger partial charge in [0.25, 0.3) is 0 Å². The summed E-state index contributed by atoms with van der Waals surface area (Å²) < 4.78 is 0. The SMILES string of the molecule is CCC(O)C(O)C(C(O)CCO)C(O)C(C)(C)CO. The molecule has 0 saturated carbocycles. The minimum Gasteiger partial charge on any atom is -0.396 e. The van der Waals surface area contributed by atoms with Crippen molar-refractivity contribution in [3.05, 3.63) is 0 Å². The summed E-state index contributed by atoms with van der Waals surface area (Å²) in [5, 5.41) is 58.2. The Bertz CT molecular complexity index is 245. The average Bonchev–Trinajstić information content (AvgIpc) is 2.37. The smallest absolute Gasteiger partial charge is 0.0876 e. The predicted octanol–water partition coefficient (Wildman–Crippen LogP) is -1.14. The molecule has 0 aliphatic carbocycles. The van der Waals surface area contributed by atoms with Crippen molar-refractivity contribution in [1.29, 1.82) is 0 Å². The molecule has 0 aromatic rings. The van der Waals surface area contributed by atoms with E-state index in [0.29, 0.717) is 0 Å². The summed E-state index contributed by atoms with van der Waals surface area (Å²) in [6, 6.07) is 0. The first-order chi connectivity index (χ1) is 8.72. The summed E-state index contributed by atoms with van der Waals surface area (Å²) >= 11 is 0. The van der Waals surface area contributed by atoms with Gasteiger partial charge >= 0.3 is 0 Å². The van der Waals surface area contributed by atoms with E-state index in [1.165, 1.54) is 0 Å². The monoisotopic (exact) mass is 280 g/mol. The topological polar surface area (TPSA) is 121 Å². The summed E-state index contributed by atoms with van der Waals surface area (Å²) in [4.78, 5) is 0. The van der Waals surface area contributed by atoms with Crippen LogP contribution in [0.25, 0.3) is 0 Å². The molecule has 0 heterocycles. The quantitative estimate of drug-likeness (QED) is 0.317. The predicted molar refractivity (Wildman–Crippen MR) is 70.4 cm³/mol. The standard InChI is InChI=1S/C13H28O6/c1-4-8(16)11(18)10(9(17)5-6-14)12(19)13(2,3)7-15/h8-12,14-19H,4-7H2,1-3H3. The van der Waals surface area contributed by atoms with E-state index < -0.39 is 35.7 Å². The van der Waals surface area contributed by atoms with Crippen molar-refractivity contribution in [2.45, 2.75) is 58.0 Å². The van der Waals surface area contributed by atoms with Crippen LogP contribution in [0, 0.1) is 11.3 Å². The van der Waals surface area contributed by atoms with Gasteiger partial charge < -0.3 is 30.6 Å². The van der Waals surface area contributed by atoms with E-state index in [2.05, 4.69) is 0 Å². The van der Waals surface area contributed by atoms with Crippen molar-refractivity contribution in [1.82, 2.24) is 0 Å². The molecule has 19 heavy (non-hydrogen) atoms. The molecule has 6 heteroatoms. The highest BCUT2D eigenvalue weighted by Crippen LogP contribution is 2.32. The van der Waals surface area contributed by atoms with Gasteiger partial charge in [-0.15, -0.1) is 0 Å². The average molecular weight is 280 g/mol. The first-order valence-electron chi connectivity index (χ1n) is 6.66. The molecule has 6 nitrogen and oxygen atoms in total. The van der Waals surface area contributed by atoms with Crippen LogP contribution in [0.15, 0.2) is 0 Å². The Kier molecular flexibility index (Phi) is 8.03. The lowest BCUT2D eigenvalue weighted by Gasteiger charge is -2.40. The van der Waals surface area contributed by atoms with Gasteiger partial charge in [0.1, 0.15) is 0 Å². The third kappa shape index (κ3) is 4.98. The molecule has 0 amide bonds. The van der Waals surface area contributed by atoms with Gasteiger partial charge in [0.05, 0.1) is 31.0 Å². The zero-order valence-electron chi connectivity index (χ0n) is 11.9. The zero-order chi connectivity index (χ0) is 15.2. The van der Waals surface area contributed by atoms with Crippen molar-refractivity contribution in [2.75, 3.05) is 13.2 Å². The molecule has 0 bridgehead atoms.